The molecule has 0 radical (unpaired) electrons. The van der Waals surface area contributed by atoms with Gasteiger partial charge in [-0.25, -0.2) is 0 Å². The van der Waals surface area contributed by atoms with Gasteiger partial charge in [-0.1, -0.05) is 18.2 Å². The molecule has 1 saturated heterocycles. The number of fused-ring (bicyclic) bond motifs is 1. The Morgan fingerprint density at radius 2 is 2.24 bits per heavy atom. The maximum absolute atomic E-state index is 4.72. The lowest BCUT2D eigenvalue weighted by atomic mass is 10.1. The van der Waals surface area contributed by atoms with Crippen LogP contribution in [0.15, 0.2) is 4.99 Å². The number of hydrogen-bond donors (Lipinski definition) is 1. The monoisotopic (exact) mass is 253 g/mol. The van der Waals surface area contributed by atoms with E-state index in [1.165, 1.54) is 43.0 Å². The number of thioether (sulfide) groups is 1. The van der Waals surface area contributed by atoms with Gasteiger partial charge in [0.1, 0.15) is 0 Å². The lowest BCUT2D eigenvalue weighted by molar-refractivity contribution is 0.334. The molecule has 0 bridgehead atoms. The Kier molecular flexibility index (Phi) is 3.61. The Balaban J connectivity index is 1.44. The van der Waals surface area contributed by atoms with E-state index in [0.29, 0.717) is 0 Å². The molecule has 2 aliphatic carbocycles. The summed E-state index contributed by atoms with van der Waals surface area (Å²) in [6, 6.07) is 1.59. The standard InChI is InChI=1S/C13H23N3S/c1-16(11-5-6-11)8-7-14-13-15-12-4-2-3-10(12)9-17-13/h10-12H,2-9H2,1H3,(H,14,15). The highest BCUT2D eigenvalue weighted by Gasteiger charge is 2.32. The summed E-state index contributed by atoms with van der Waals surface area (Å²) < 4.78 is 0. The summed E-state index contributed by atoms with van der Waals surface area (Å²) in [5, 5.41) is 4.83. The van der Waals surface area contributed by atoms with E-state index in [1.807, 2.05) is 11.8 Å². The zero-order valence-electron chi connectivity index (χ0n) is 10.7. The smallest absolute Gasteiger partial charge is 0.156 e. The highest BCUT2D eigenvalue weighted by molar-refractivity contribution is 8.13. The van der Waals surface area contributed by atoms with Gasteiger partial charge in [-0.05, 0) is 38.6 Å². The predicted octanol–water partition coefficient (Wildman–Crippen LogP) is 1.94. The van der Waals surface area contributed by atoms with E-state index in [4.69, 9.17) is 4.99 Å². The van der Waals surface area contributed by atoms with Gasteiger partial charge in [0.05, 0.1) is 6.54 Å². The predicted molar refractivity (Wildman–Crippen MR) is 74.7 cm³/mol. The SMILES string of the molecule is CN(CCN=C1NC2CCCC2CS1)C1CC1. The zero-order valence-corrected chi connectivity index (χ0v) is 11.5. The van der Waals surface area contributed by atoms with Gasteiger partial charge in [0.15, 0.2) is 5.17 Å². The van der Waals surface area contributed by atoms with Crippen molar-refractivity contribution in [3.8, 4) is 0 Å². The Morgan fingerprint density at radius 3 is 3.06 bits per heavy atom. The fraction of sp³-hybridized carbons (Fsp3) is 0.923. The molecule has 3 nitrogen and oxygen atoms in total. The van der Waals surface area contributed by atoms with Crippen LogP contribution in [0.1, 0.15) is 32.1 Å². The van der Waals surface area contributed by atoms with Crippen LogP contribution in [0.3, 0.4) is 0 Å². The first-order chi connectivity index (χ1) is 8.33. The van der Waals surface area contributed by atoms with Gasteiger partial charge >= 0.3 is 0 Å². The number of likely N-dealkylation sites (N-methyl/N-ethyl adjacent to an activating group) is 1. The molecule has 0 aromatic rings. The summed E-state index contributed by atoms with van der Waals surface area (Å²) in [7, 11) is 2.23. The summed E-state index contributed by atoms with van der Waals surface area (Å²) in [5.74, 6) is 2.20. The average molecular weight is 253 g/mol. The number of amidine groups is 1. The van der Waals surface area contributed by atoms with Gasteiger partial charge in [0, 0.05) is 24.4 Å². The van der Waals surface area contributed by atoms with Crippen LogP contribution in [0.25, 0.3) is 0 Å². The average Bonchev–Trinajstić information content (AvgIpc) is 3.08. The van der Waals surface area contributed by atoms with E-state index in [1.54, 1.807) is 0 Å². The molecule has 3 rings (SSSR count). The molecule has 0 aromatic heterocycles. The van der Waals surface area contributed by atoms with E-state index in [0.717, 1.165) is 31.1 Å². The second-order valence-corrected chi connectivity index (χ2v) is 6.66. The van der Waals surface area contributed by atoms with Crippen LogP contribution < -0.4 is 5.32 Å². The Bertz CT molecular complexity index is 301. The molecular weight excluding hydrogens is 230 g/mol. The molecule has 2 unspecified atom stereocenters. The minimum atomic E-state index is 0.733. The Labute approximate surface area is 108 Å². The minimum absolute atomic E-state index is 0.733. The summed E-state index contributed by atoms with van der Waals surface area (Å²) in [4.78, 5) is 7.17. The highest BCUT2D eigenvalue weighted by atomic mass is 32.2. The van der Waals surface area contributed by atoms with Crippen molar-refractivity contribution in [1.82, 2.24) is 10.2 Å². The van der Waals surface area contributed by atoms with E-state index in [2.05, 4.69) is 17.3 Å². The third-order valence-corrected chi connectivity index (χ3v) is 5.40. The second kappa shape index (κ2) is 5.19. The normalized spacial score (nSPS) is 35.1. The largest absolute Gasteiger partial charge is 0.362 e. The third kappa shape index (κ3) is 2.97. The number of aliphatic imine (C=N–C) groups is 1. The van der Waals surface area contributed by atoms with Crippen LogP contribution in [-0.4, -0.2) is 48.0 Å². The van der Waals surface area contributed by atoms with Crippen molar-refractivity contribution in [1.29, 1.82) is 0 Å². The fourth-order valence-corrected chi connectivity index (χ4v) is 4.10. The fourth-order valence-electron chi connectivity index (χ4n) is 2.91. The first kappa shape index (κ1) is 11.8. The van der Waals surface area contributed by atoms with Gasteiger partial charge in [-0.15, -0.1) is 0 Å². The van der Waals surface area contributed by atoms with Crippen molar-refractivity contribution in [2.75, 3.05) is 25.9 Å². The topological polar surface area (TPSA) is 27.6 Å². The van der Waals surface area contributed by atoms with Gasteiger partial charge in [0.2, 0.25) is 0 Å². The zero-order chi connectivity index (χ0) is 11.7. The molecule has 1 aliphatic heterocycles. The number of nitrogens with one attached hydrogen (secondary N) is 1. The molecular formula is C13H23N3S. The molecule has 4 heteroatoms. The molecule has 3 fully saturated rings. The lowest BCUT2D eigenvalue weighted by Crippen LogP contribution is -2.41. The molecule has 0 aromatic carbocycles. The maximum Gasteiger partial charge on any atom is 0.156 e. The van der Waals surface area contributed by atoms with E-state index >= 15 is 0 Å². The molecule has 2 atom stereocenters. The van der Waals surface area contributed by atoms with E-state index < -0.39 is 0 Å². The van der Waals surface area contributed by atoms with Crippen LogP contribution in [-0.2, 0) is 0 Å². The molecule has 3 aliphatic rings. The van der Waals surface area contributed by atoms with Crippen molar-refractivity contribution in [2.24, 2.45) is 10.9 Å². The van der Waals surface area contributed by atoms with Crippen LogP contribution in [0.4, 0.5) is 0 Å². The molecule has 2 saturated carbocycles. The van der Waals surface area contributed by atoms with Crippen molar-refractivity contribution >= 4 is 16.9 Å². The quantitative estimate of drug-likeness (QED) is 0.830. The molecule has 0 amide bonds. The van der Waals surface area contributed by atoms with E-state index in [-0.39, 0.29) is 0 Å². The summed E-state index contributed by atoms with van der Waals surface area (Å²) >= 11 is 1.94. The molecule has 0 spiro atoms. The van der Waals surface area contributed by atoms with Crippen LogP contribution in [0.5, 0.6) is 0 Å². The number of hydrogen-bond acceptors (Lipinski definition) is 3. The first-order valence-corrected chi connectivity index (χ1v) is 7.95. The first-order valence-electron chi connectivity index (χ1n) is 6.97. The summed E-state index contributed by atoms with van der Waals surface area (Å²) in [6.45, 7) is 2.07. The maximum atomic E-state index is 4.72. The summed E-state index contributed by atoms with van der Waals surface area (Å²) in [5.41, 5.74) is 0. The minimum Gasteiger partial charge on any atom is -0.362 e. The number of nitrogens with zero attached hydrogens (tertiary/aromatic N) is 2. The van der Waals surface area contributed by atoms with Crippen LogP contribution in [0, 0.1) is 5.92 Å². The van der Waals surface area contributed by atoms with Gasteiger partial charge in [-0.3, -0.25) is 4.99 Å². The molecule has 1 heterocycles. The van der Waals surface area contributed by atoms with Crippen LogP contribution >= 0.6 is 11.8 Å². The van der Waals surface area contributed by atoms with Crippen molar-refractivity contribution in [3.63, 3.8) is 0 Å². The molecule has 96 valence electrons. The Morgan fingerprint density at radius 1 is 1.35 bits per heavy atom. The highest BCUT2D eigenvalue weighted by Crippen LogP contribution is 2.32. The van der Waals surface area contributed by atoms with E-state index in [9.17, 15) is 0 Å². The van der Waals surface area contributed by atoms with Crippen molar-refractivity contribution in [2.45, 2.75) is 44.2 Å². The Hall–Kier alpha value is -0.220. The van der Waals surface area contributed by atoms with Gasteiger partial charge < -0.3 is 10.2 Å². The van der Waals surface area contributed by atoms with Crippen LogP contribution in [0.2, 0.25) is 0 Å². The second-order valence-electron chi connectivity index (χ2n) is 5.65. The molecule has 1 N–H and O–H groups in total. The lowest BCUT2D eigenvalue weighted by Gasteiger charge is -2.28. The number of rotatable bonds is 4. The van der Waals surface area contributed by atoms with Crippen molar-refractivity contribution < 1.29 is 0 Å². The van der Waals surface area contributed by atoms with Gasteiger partial charge in [-0.2, -0.15) is 0 Å². The summed E-state index contributed by atoms with van der Waals surface area (Å²) in [6.07, 6.45) is 6.96. The third-order valence-electron chi connectivity index (χ3n) is 4.28. The molecule has 17 heavy (non-hydrogen) atoms. The van der Waals surface area contributed by atoms with Gasteiger partial charge in [0.25, 0.3) is 0 Å². The van der Waals surface area contributed by atoms with Crippen molar-refractivity contribution in [3.05, 3.63) is 0 Å².